The quantitative estimate of drug-likeness (QED) is 0.858. The Balaban J connectivity index is 0.000000351. The van der Waals surface area contributed by atoms with E-state index in [1.54, 1.807) is 6.20 Å². The Morgan fingerprint density at radius 2 is 2.04 bits per heavy atom. The van der Waals surface area contributed by atoms with Crippen molar-refractivity contribution in [3.8, 4) is 0 Å². The van der Waals surface area contributed by atoms with Crippen LogP contribution < -0.4 is 16.4 Å². The van der Waals surface area contributed by atoms with Crippen LogP contribution in [0.5, 0.6) is 0 Å². The summed E-state index contributed by atoms with van der Waals surface area (Å²) in [5.74, 6) is -1.21. The summed E-state index contributed by atoms with van der Waals surface area (Å²) >= 11 is 0. The first-order valence-electron chi connectivity index (χ1n) is 7.67. The summed E-state index contributed by atoms with van der Waals surface area (Å²) in [5.41, 5.74) is 10.5. The molecule has 0 radical (unpaired) electrons. The Labute approximate surface area is 138 Å². The monoisotopic (exact) mass is 351 g/mol. The van der Waals surface area contributed by atoms with E-state index in [0.717, 1.165) is 50.5 Å². The van der Waals surface area contributed by atoms with Crippen molar-refractivity contribution in [3.63, 3.8) is 0 Å². The van der Waals surface area contributed by atoms with Crippen molar-refractivity contribution < 1.29 is 22.7 Å². The number of aromatic nitrogens is 2. The number of nitrogens with zero attached hydrogens (tertiary/aromatic N) is 3. The smallest absolute Gasteiger partial charge is 0.394 e. The van der Waals surface area contributed by atoms with Gasteiger partial charge in [-0.2, -0.15) is 18.3 Å². The second kappa shape index (κ2) is 8.76. The summed E-state index contributed by atoms with van der Waals surface area (Å²) < 4.78 is 39.7. The third kappa shape index (κ3) is 5.91. The minimum atomic E-state index is -4.86. The molecule has 1 aromatic heterocycles. The first-order valence-corrected chi connectivity index (χ1v) is 7.67. The van der Waals surface area contributed by atoms with Gasteiger partial charge in [-0.25, -0.2) is 0 Å². The number of rotatable bonds is 3. The van der Waals surface area contributed by atoms with Gasteiger partial charge in [-0.3, -0.25) is 9.48 Å². The average molecular weight is 351 g/mol. The lowest BCUT2D eigenvalue weighted by Gasteiger charge is -2.23. The van der Waals surface area contributed by atoms with Crippen LogP contribution in [0, 0.1) is 0 Å². The first kappa shape index (κ1) is 20.1. The Hall–Kier alpha value is -1.97. The second-order valence-corrected chi connectivity index (χ2v) is 5.40. The molecular weight excluding hydrogens is 327 g/mol. The van der Waals surface area contributed by atoms with Crippen molar-refractivity contribution in [1.29, 1.82) is 0 Å². The predicted octanol–water partition coefficient (Wildman–Crippen LogP) is 1.43. The second-order valence-electron chi connectivity index (χ2n) is 5.40. The van der Waals surface area contributed by atoms with E-state index >= 15 is 0 Å². The van der Waals surface area contributed by atoms with E-state index in [1.807, 2.05) is 11.7 Å². The SMILES string of the molecule is CCOC1CCCN(c2c(N)cnn2C)CC1.NC(=O)C(F)(F)F. The van der Waals surface area contributed by atoms with Gasteiger partial charge in [-0.15, -0.1) is 0 Å². The van der Waals surface area contributed by atoms with Gasteiger partial charge in [0.2, 0.25) is 0 Å². The minimum absolute atomic E-state index is 0.402. The molecule has 1 aliphatic rings. The number of amides is 1. The Morgan fingerprint density at radius 1 is 1.42 bits per heavy atom. The van der Waals surface area contributed by atoms with Crippen molar-refractivity contribution >= 4 is 17.4 Å². The molecule has 1 fully saturated rings. The molecule has 1 atom stereocenters. The Bertz CT molecular complexity index is 513. The number of nitrogens with two attached hydrogens (primary N) is 2. The fourth-order valence-electron chi connectivity index (χ4n) is 2.52. The number of halogens is 3. The molecule has 2 heterocycles. The topological polar surface area (TPSA) is 99.4 Å². The largest absolute Gasteiger partial charge is 0.470 e. The molecule has 1 unspecified atom stereocenters. The predicted molar refractivity (Wildman–Crippen MR) is 84.3 cm³/mol. The molecule has 0 spiro atoms. The summed E-state index contributed by atoms with van der Waals surface area (Å²) in [6.07, 6.45) is 0.621. The van der Waals surface area contributed by atoms with Crippen molar-refractivity contribution in [3.05, 3.63) is 6.20 Å². The molecule has 2 rings (SSSR count). The van der Waals surface area contributed by atoms with Crippen LogP contribution in [0.4, 0.5) is 24.7 Å². The van der Waals surface area contributed by atoms with Gasteiger partial charge in [0.1, 0.15) is 5.82 Å². The first-order chi connectivity index (χ1) is 11.2. The van der Waals surface area contributed by atoms with Crippen molar-refractivity contribution in [2.24, 2.45) is 12.8 Å². The molecule has 24 heavy (non-hydrogen) atoms. The number of carbonyl (C=O) groups excluding carboxylic acids is 1. The van der Waals surface area contributed by atoms with E-state index in [1.165, 1.54) is 0 Å². The van der Waals surface area contributed by atoms with Crippen molar-refractivity contribution in [1.82, 2.24) is 9.78 Å². The van der Waals surface area contributed by atoms with Gasteiger partial charge < -0.3 is 21.1 Å². The zero-order valence-corrected chi connectivity index (χ0v) is 13.8. The lowest BCUT2D eigenvalue weighted by Crippen LogP contribution is -2.30. The molecule has 138 valence electrons. The molecule has 1 aromatic rings. The third-order valence-electron chi connectivity index (χ3n) is 3.59. The Morgan fingerprint density at radius 3 is 2.50 bits per heavy atom. The molecule has 1 aliphatic heterocycles. The summed E-state index contributed by atoms with van der Waals surface area (Å²) in [4.78, 5) is 11.4. The highest BCUT2D eigenvalue weighted by Crippen LogP contribution is 2.25. The number of carbonyl (C=O) groups is 1. The highest BCUT2D eigenvalue weighted by molar-refractivity contribution is 5.79. The molecule has 10 heteroatoms. The summed E-state index contributed by atoms with van der Waals surface area (Å²) in [6, 6.07) is 0. The van der Waals surface area contributed by atoms with Crippen LogP contribution >= 0.6 is 0 Å². The summed E-state index contributed by atoms with van der Waals surface area (Å²) in [5, 5.41) is 4.20. The fourth-order valence-corrected chi connectivity index (χ4v) is 2.52. The van der Waals surface area contributed by atoms with Crippen LogP contribution in [0.15, 0.2) is 6.20 Å². The van der Waals surface area contributed by atoms with E-state index in [-0.39, 0.29) is 0 Å². The van der Waals surface area contributed by atoms with Gasteiger partial charge in [0.05, 0.1) is 18.0 Å². The van der Waals surface area contributed by atoms with Crippen LogP contribution in [0.3, 0.4) is 0 Å². The number of hydrogen-bond acceptors (Lipinski definition) is 5. The molecule has 1 saturated heterocycles. The van der Waals surface area contributed by atoms with Gasteiger partial charge in [-0.1, -0.05) is 0 Å². The third-order valence-corrected chi connectivity index (χ3v) is 3.59. The summed E-state index contributed by atoms with van der Waals surface area (Å²) in [6.45, 7) is 4.89. The van der Waals surface area contributed by atoms with Gasteiger partial charge in [0.15, 0.2) is 0 Å². The zero-order valence-electron chi connectivity index (χ0n) is 13.8. The zero-order chi connectivity index (χ0) is 18.3. The maximum atomic E-state index is 10.7. The maximum Gasteiger partial charge on any atom is 0.470 e. The van der Waals surface area contributed by atoms with Crippen LogP contribution in [0.1, 0.15) is 26.2 Å². The lowest BCUT2D eigenvalue weighted by molar-refractivity contribution is -0.169. The number of hydrogen-bond donors (Lipinski definition) is 2. The van der Waals surface area contributed by atoms with E-state index in [4.69, 9.17) is 15.3 Å². The molecule has 0 aromatic carbocycles. The average Bonchev–Trinajstić information content (AvgIpc) is 2.69. The maximum absolute atomic E-state index is 10.7. The number of ether oxygens (including phenoxy) is 1. The van der Waals surface area contributed by atoms with Gasteiger partial charge in [0.25, 0.3) is 0 Å². The highest BCUT2D eigenvalue weighted by atomic mass is 19.4. The lowest BCUT2D eigenvalue weighted by atomic mass is 10.2. The van der Waals surface area contributed by atoms with E-state index in [9.17, 15) is 13.2 Å². The molecule has 0 aliphatic carbocycles. The minimum Gasteiger partial charge on any atom is -0.394 e. The standard InChI is InChI=1S/C12H22N4O.C2H2F3NO/c1-3-17-10-5-4-7-16(8-6-10)12-11(13)9-14-15(12)2;3-2(4,5)1(6)7/h9-10H,3-8,13H2,1-2H3;(H2,6,7). The normalized spacial score (nSPS) is 18.5. The molecule has 1 amide bonds. The number of aryl methyl sites for hydroxylation is 1. The fraction of sp³-hybridized carbons (Fsp3) is 0.714. The van der Waals surface area contributed by atoms with Crippen molar-refractivity contribution in [2.45, 2.75) is 38.5 Å². The van der Waals surface area contributed by atoms with Gasteiger partial charge in [-0.05, 0) is 26.2 Å². The van der Waals surface area contributed by atoms with E-state index in [0.29, 0.717) is 6.10 Å². The number of alkyl halides is 3. The molecule has 4 N–H and O–H groups in total. The molecule has 7 nitrogen and oxygen atoms in total. The van der Waals surface area contributed by atoms with Gasteiger partial charge >= 0.3 is 12.1 Å². The van der Waals surface area contributed by atoms with Crippen LogP contribution in [0.25, 0.3) is 0 Å². The van der Waals surface area contributed by atoms with E-state index < -0.39 is 12.1 Å². The van der Waals surface area contributed by atoms with Gasteiger partial charge in [0, 0.05) is 26.7 Å². The van der Waals surface area contributed by atoms with Crippen molar-refractivity contribution in [2.75, 3.05) is 30.3 Å². The number of nitrogen functional groups attached to an aromatic ring is 1. The summed E-state index contributed by atoms with van der Waals surface area (Å²) in [7, 11) is 1.94. The highest BCUT2D eigenvalue weighted by Gasteiger charge is 2.35. The Kier molecular flexibility index (Phi) is 7.33. The molecular formula is C14H24F3N5O2. The molecule has 0 saturated carbocycles. The van der Waals surface area contributed by atoms with E-state index in [2.05, 4.69) is 22.7 Å². The molecule has 0 bridgehead atoms. The van der Waals surface area contributed by atoms with Crippen LogP contribution in [-0.4, -0.2) is 47.7 Å². The van der Waals surface area contributed by atoms with Crippen LogP contribution in [-0.2, 0) is 16.6 Å². The van der Waals surface area contributed by atoms with Crippen LogP contribution in [0.2, 0.25) is 0 Å². The number of anilines is 2. The number of primary amides is 1.